The van der Waals surface area contributed by atoms with Gasteiger partial charge in [0.25, 0.3) is 15.9 Å². The molecule has 0 bridgehead atoms. The molecule has 3 aromatic rings. The number of carbonyl (C=O) groups excluding carboxylic acids is 1. The van der Waals surface area contributed by atoms with Gasteiger partial charge in [0.2, 0.25) is 0 Å². The monoisotopic (exact) mass is 547 g/mol. The zero-order valence-corrected chi connectivity index (χ0v) is 25.1. The molecule has 0 radical (unpaired) electrons. The van der Waals surface area contributed by atoms with Crippen LogP contribution in [0.3, 0.4) is 0 Å². The van der Waals surface area contributed by atoms with Crippen LogP contribution in [-0.4, -0.2) is 80.9 Å². The Bertz CT molecular complexity index is 1540. The van der Waals surface area contributed by atoms with E-state index in [9.17, 15) is 13.2 Å². The van der Waals surface area contributed by atoms with Crippen molar-refractivity contribution in [3.63, 3.8) is 0 Å². The van der Waals surface area contributed by atoms with E-state index in [0.717, 1.165) is 16.7 Å². The second-order valence-corrected chi connectivity index (χ2v) is 14.0. The first-order valence-corrected chi connectivity index (χ1v) is 15.9. The Balaban J connectivity index is 0.000000673. The van der Waals surface area contributed by atoms with Gasteiger partial charge in [-0.2, -0.15) is 0 Å². The van der Waals surface area contributed by atoms with Crippen molar-refractivity contribution in [2.75, 3.05) is 0 Å². The van der Waals surface area contributed by atoms with Crippen molar-refractivity contribution < 1.29 is 13.2 Å². The molecule has 1 N–H and O–H groups in total. The van der Waals surface area contributed by atoms with Crippen molar-refractivity contribution in [3.05, 3.63) is 114 Å². The summed E-state index contributed by atoms with van der Waals surface area (Å²) >= 11 is 1.17. The van der Waals surface area contributed by atoms with Crippen molar-refractivity contribution in [3.8, 4) is 11.1 Å². The van der Waals surface area contributed by atoms with Crippen LogP contribution >= 0.6 is 0 Å². The van der Waals surface area contributed by atoms with Crippen molar-refractivity contribution in [1.82, 2.24) is 4.72 Å². The minimum atomic E-state index is -3.97. The number of benzene rings is 3. The van der Waals surface area contributed by atoms with Gasteiger partial charge in [-0.1, -0.05) is 78.9 Å². The Labute approximate surface area is 257 Å². The number of hydrogen-bond acceptors (Lipinski definition) is 5. The van der Waals surface area contributed by atoms with E-state index in [2.05, 4.69) is 51.1 Å². The summed E-state index contributed by atoms with van der Waals surface area (Å²) in [6.45, 7) is 0. The second kappa shape index (κ2) is 11.7. The van der Waals surface area contributed by atoms with Crippen LogP contribution < -0.4 is 4.72 Å². The maximum absolute atomic E-state index is 12.7. The number of carbonyl (C=O) groups is 1. The molecule has 1 amide bonds. The molecule has 0 spiro atoms. The molecule has 1 heterocycles. The summed E-state index contributed by atoms with van der Waals surface area (Å²) in [4.78, 5) is 21.6. The van der Waals surface area contributed by atoms with E-state index in [-0.39, 0.29) is 10.5 Å². The van der Waals surface area contributed by atoms with Gasteiger partial charge in [0.1, 0.15) is 11.9 Å². The molecule has 1 fully saturated rings. The van der Waals surface area contributed by atoms with E-state index in [1.807, 2.05) is 24.3 Å². The fourth-order valence-electron chi connectivity index (χ4n) is 4.19. The van der Waals surface area contributed by atoms with Crippen LogP contribution in [0.1, 0.15) is 18.4 Å². The number of rotatable bonds is 6. The molecule has 8 heteroatoms. The van der Waals surface area contributed by atoms with Crippen LogP contribution in [0.4, 0.5) is 0 Å². The Morgan fingerprint density at radius 3 is 2.16 bits per heavy atom. The molecule has 6 nitrogen and oxygen atoms in total. The van der Waals surface area contributed by atoms with Crippen molar-refractivity contribution in [2.45, 2.75) is 29.7 Å². The summed E-state index contributed by atoms with van der Waals surface area (Å²) in [7, 11) is -3.97. The van der Waals surface area contributed by atoms with Gasteiger partial charge in [0, 0.05) is 12.0 Å². The first-order valence-electron chi connectivity index (χ1n) is 12.6. The van der Waals surface area contributed by atoms with Gasteiger partial charge in [-0.25, -0.2) is 18.1 Å². The molecule has 1 unspecified atom stereocenters. The van der Waals surface area contributed by atoms with E-state index < -0.39 is 21.5 Å². The average Bonchev–Trinajstić information content (AvgIpc) is 3.61. The van der Waals surface area contributed by atoms with Crippen molar-refractivity contribution in [2.24, 2.45) is 9.98 Å². The standard InChI is InChI=1S/C27H21N3O3S.C3H5.K/c31-26(30-34(32,33)24-9-5-2-6-10-24)23-15-16-27(25(17-23)28-19-29-27)18-20-11-13-22(14-12-20)21-7-3-1-4-8-21;1-2-3-1;/h1-17,19H,18H2,(H,30,31);1H,2-3H2;. The molecule has 1 atom stereocenters. The normalized spacial score (nSPS) is 19.5. The topological polar surface area (TPSA) is 88.0 Å². The van der Waals surface area contributed by atoms with Crippen LogP contribution in [0.15, 0.2) is 124 Å². The Hall–Kier alpha value is -2.46. The van der Waals surface area contributed by atoms with Crippen molar-refractivity contribution >= 4 is 76.9 Å². The number of aliphatic imine (C=N–C) groups is 2. The third-order valence-corrected chi connectivity index (χ3v) is 9.85. The quantitative estimate of drug-likeness (QED) is 0.447. The molecule has 186 valence electrons. The summed E-state index contributed by atoms with van der Waals surface area (Å²) in [6, 6.07) is 26.2. The van der Waals surface area contributed by atoms with E-state index in [1.165, 1.54) is 67.4 Å². The number of nitrogens with zero attached hydrogens (tertiary/aromatic N) is 2. The number of sulfonamides is 1. The van der Waals surface area contributed by atoms with Crippen LogP contribution in [0.5, 0.6) is 0 Å². The maximum atomic E-state index is 12.7. The van der Waals surface area contributed by atoms with E-state index >= 15 is 0 Å². The van der Waals surface area contributed by atoms with Gasteiger partial charge in [-0.15, -0.1) is 0 Å². The summed E-state index contributed by atoms with van der Waals surface area (Å²) in [5.41, 5.74) is 3.45. The Morgan fingerprint density at radius 2 is 1.53 bits per heavy atom. The number of fused-ring (bicyclic) bond motifs is 1. The molecule has 38 heavy (non-hydrogen) atoms. The van der Waals surface area contributed by atoms with E-state index in [0.29, 0.717) is 12.1 Å². The molecule has 0 saturated heterocycles. The fraction of sp³-hybridized carbons (Fsp3) is 0.167. The van der Waals surface area contributed by atoms with Crippen LogP contribution in [-0.2, 0) is 21.2 Å². The molecule has 3 aromatic carbocycles. The summed E-state index contributed by atoms with van der Waals surface area (Å²) in [5.74, 6) is -0.712. The summed E-state index contributed by atoms with van der Waals surface area (Å²) in [6.07, 6.45) is 10.2. The number of hydrogen-bond donors (Lipinski definition) is 1. The first-order chi connectivity index (χ1) is 18.3. The SMILES string of the molecule is O=C(NS(=O)(=O)c1ccccc1)C1=CC2=NC=NC2(Cc2ccc(-c3ccccc3)cc2)C=C1.[K][CH]1CC1. The minimum absolute atomic E-state index is 0.0265. The van der Waals surface area contributed by atoms with E-state index in [1.54, 1.807) is 43.2 Å². The van der Waals surface area contributed by atoms with Gasteiger partial charge in [0.15, 0.2) is 0 Å². The molecule has 3 aliphatic rings. The van der Waals surface area contributed by atoms with Gasteiger partial charge in [0.05, 0.1) is 10.6 Å². The van der Waals surface area contributed by atoms with Gasteiger partial charge >= 0.3 is 61.8 Å². The third-order valence-electron chi connectivity index (χ3n) is 6.70. The van der Waals surface area contributed by atoms with Crippen LogP contribution in [0.25, 0.3) is 11.1 Å². The molecule has 6 rings (SSSR count). The van der Waals surface area contributed by atoms with Crippen LogP contribution in [0, 0.1) is 0 Å². The number of nitrogens with one attached hydrogen (secondary N) is 1. The van der Waals surface area contributed by atoms with Gasteiger partial charge < -0.3 is 0 Å². The first kappa shape index (κ1) is 27.1. The molecule has 2 aliphatic carbocycles. The summed E-state index contributed by atoms with van der Waals surface area (Å²) < 4.78 is 28.4. The zero-order chi connectivity index (χ0) is 26.6. The van der Waals surface area contributed by atoms with Gasteiger partial charge in [-0.3, -0.25) is 9.79 Å². The Kier molecular flexibility index (Phi) is 8.37. The summed E-state index contributed by atoms with van der Waals surface area (Å²) in [5, 5.41) is 0. The second-order valence-electron chi connectivity index (χ2n) is 9.79. The fourth-order valence-corrected chi connectivity index (χ4v) is 5.70. The van der Waals surface area contributed by atoms with E-state index in [4.69, 9.17) is 0 Å². The predicted octanol–water partition coefficient (Wildman–Crippen LogP) is 4.86. The molecular weight excluding hydrogens is 522 g/mol. The zero-order valence-electron chi connectivity index (χ0n) is 21.1. The molecule has 0 aromatic heterocycles. The predicted molar refractivity (Wildman–Crippen MR) is 152 cm³/mol. The average molecular weight is 548 g/mol. The Morgan fingerprint density at radius 1 is 0.921 bits per heavy atom. The van der Waals surface area contributed by atoms with Crippen molar-refractivity contribution in [1.29, 1.82) is 0 Å². The molecule has 1 saturated carbocycles. The third kappa shape index (κ3) is 6.57. The molecule has 1 aliphatic heterocycles. The van der Waals surface area contributed by atoms with Crippen LogP contribution in [0.2, 0.25) is 0.0125 Å². The number of amides is 1. The van der Waals surface area contributed by atoms with Gasteiger partial charge in [-0.05, 0) is 41.0 Å². The molecular formula is C30H26KN3O3S.